The van der Waals surface area contributed by atoms with Gasteiger partial charge in [-0.25, -0.2) is 4.79 Å². The standard InChI is InChI=1S/C18H24N4O6/c19-13(8-11-3-5-12(23)6-4-11)17(26)21-9-15(24)20-10-16(25)22-7-1-2-14(22)18(27)28/h3-6,13-14,23H,1-2,7-10,19H2,(H,20,24)(H,21,26)(H,27,28). The van der Waals surface area contributed by atoms with Gasteiger partial charge in [-0.15, -0.1) is 0 Å². The third kappa shape index (κ3) is 5.95. The number of hydrogen-bond acceptors (Lipinski definition) is 6. The lowest BCUT2D eigenvalue weighted by atomic mass is 10.1. The number of nitrogens with two attached hydrogens (primary N) is 1. The Morgan fingerprint density at radius 1 is 1.14 bits per heavy atom. The summed E-state index contributed by atoms with van der Waals surface area (Å²) in [6, 6.07) is 4.52. The number of aliphatic carboxylic acids is 1. The SMILES string of the molecule is NC(Cc1ccc(O)cc1)C(=O)NCC(=O)NCC(=O)N1CCCC1C(=O)O. The third-order valence-corrected chi connectivity index (χ3v) is 4.45. The number of hydrogen-bond donors (Lipinski definition) is 5. The fourth-order valence-electron chi connectivity index (χ4n) is 2.94. The molecule has 1 saturated heterocycles. The van der Waals surface area contributed by atoms with Gasteiger partial charge in [-0.3, -0.25) is 14.4 Å². The summed E-state index contributed by atoms with van der Waals surface area (Å²) >= 11 is 0. The monoisotopic (exact) mass is 392 g/mol. The number of carbonyl (C=O) groups is 4. The van der Waals surface area contributed by atoms with E-state index in [2.05, 4.69) is 10.6 Å². The van der Waals surface area contributed by atoms with E-state index in [9.17, 15) is 24.3 Å². The number of carbonyl (C=O) groups excluding carboxylic acids is 3. The number of carboxylic acid groups (broad SMARTS) is 1. The van der Waals surface area contributed by atoms with Crippen LogP contribution in [0, 0.1) is 0 Å². The van der Waals surface area contributed by atoms with E-state index in [1.165, 1.54) is 17.0 Å². The van der Waals surface area contributed by atoms with E-state index >= 15 is 0 Å². The van der Waals surface area contributed by atoms with Gasteiger partial charge in [-0.1, -0.05) is 12.1 Å². The molecule has 6 N–H and O–H groups in total. The summed E-state index contributed by atoms with van der Waals surface area (Å²) in [6.07, 6.45) is 1.23. The topological polar surface area (TPSA) is 162 Å². The van der Waals surface area contributed by atoms with E-state index in [1.54, 1.807) is 12.1 Å². The molecule has 0 aromatic heterocycles. The average molecular weight is 392 g/mol. The molecular formula is C18H24N4O6. The van der Waals surface area contributed by atoms with Crippen molar-refractivity contribution >= 4 is 23.7 Å². The van der Waals surface area contributed by atoms with E-state index in [0.29, 0.717) is 19.4 Å². The molecular weight excluding hydrogens is 368 g/mol. The van der Waals surface area contributed by atoms with E-state index in [-0.39, 0.29) is 25.3 Å². The van der Waals surface area contributed by atoms with Crippen molar-refractivity contribution in [2.75, 3.05) is 19.6 Å². The van der Waals surface area contributed by atoms with Crippen molar-refractivity contribution in [2.24, 2.45) is 5.73 Å². The summed E-state index contributed by atoms with van der Waals surface area (Å²) in [5.41, 5.74) is 6.56. The Hall–Kier alpha value is -3.14. The number of nitrogens with one attached hydrogen (secondary N) is 2. The molecule has 0 spiro atoms. The minimum Gasteiger partial charge on any atom is -0.508 e. The highest BCUT2D eigenvalue weighted by Crippen LogP contribution is 2.17. The number of amides is 3. The molecule has 1 fully saturated rings. The van der Waals surface area contributed by atoms with Crippen LogP contribution in [0.25, 0.3) is 0 Å². The molecule has 2 rings (SSSR count). The molecule has 10 nitrogen and oxygen atoms in total. The van der Waals surface area contributed by atoms with Crippen LogP contribution in [-0.2, 0) is 25.6 Å². The molecule has 1 aliphatic rings. The fourth-order valence-corrected chi connectivity index (χ4v) is 2.94. The Bertz CT molecular complexity index is 736. The van der Waals surface area contributed by atoms with Crippen LogP contribution in [0.4, 0.5) is 0 Å². The molecule has 1 aromatic rings. The molecule has 2 unspecified atom stereocenters. The highest BCUT2D eigenvalue weighted by molar-refractivity contribution is 5.91. The van der Waals surface area contributed by atoms with Crippen LogP contribution in [0.1, 0.15) is 18.4 Å². The minimum absolute atomic E-state index is 0.108. The lowest BCUT2D eigenvalue weighted by Gasteiger charge is -2.21. The van der Waals surface area contributed by atoms with Gasteiger partial charge in [-0.2, -0.15) is 0 Å². The van der Waals surface area contributed by atoms with Gasteiger partial charge in [0.1, 0.15) is 11.8 Å². The van der Waals surface area contributed by atoms with Crippen LogP contribution in [0.15, 0.2) is 24.3 Å². The second-order valence-electron chi connectivity index (χ2n) is 6.55. The second kappa shape index (κ2) is 9.70. The predicted octanol–water partition coefficient (Wildman–Crippen LogP) is -1.43. The molecule has 0 aliphatic carbocycles. The summed E-state index contributed by atoms with van der Waals surface area (Å²) in [5.74, 6) is -2.54. The van der Waals surface area contributed by atoms with Crippen LogP contribution in [0.5, 0.6) is 5.75 Å². The second-order valence-corrected chi connectivity index (χ2v) is 6.55. The first-order valence-corrected chi connectivity index (χ1v) is 8.88. The van der Waals surface area contributed by atoms with Crippen LogP contribution < -0.4 is 16.4 Å². The van der Waals surface area contributed by atoms with Crippen molar-refractivity contribution in [2.45, 2.75) is 31.3 Å². The van der Waals surface area contributed by atoms with Crippen molar-refractivity contribution in [3.8, 4) is 5.75 Å². The number of benzene rings is 1. The highest BCUT2D eigenvalue weighted by Gasteiger charge is 2.33. The minimum atomic E-state index is -1.06. The molecule has 152 valence electrons. The number of phenols is 1. The average Bonchev–Trinajstić information content (AvgIpc) is 3.16. The van der Waals surface area contributed by atoms with Crippen molar-refractivity contribution in [1.82, 2.24) is 15.5 Å². The highest BCUT2D eigenvalue weighted by atomic mass is 16.4. The maximum atomic E-state index is 12.1. The summed E-state index contributed by atoms with van der Waals surface area (Å²) < 4.78 is 0. The quantitative estimate of drug-likeness (QED) is 0.362. The normalized spacial score (nSPS) is 17.0. The zero-order valence-electron chi connectivity index (χ0n) is 15.3. The first-order valence-electron chi connectivity index (χ1n) is 8.88. The van der Waals surface area contributed by atoms with Crippen LogP contribution in [0.2, 0.25) is 0 Å². The van der Waals surface area contributed by atoms with Crippen molar-refractivity contribution in [1.29, 1.82) is 0 Å². The van der Waals surface area contributed by atoms with E-state index < -0.39 is 35.8 Å². The zero-order valence-corrected chi connectivity index (χ0v) is 15.3. The van der Waals surface area contributed by atoms with Gasteiger partial charge < -0.3 is 31.5 Å². The van der Waals surface area contributed by atoms with Crippen LogP contribution in [-0.4, -0.2) is 70.5 Å². The maximum absolute atomic E-state index is 12.1. The third-order valence-electron chi connectivity index (χ3n) is 4.45. The molecule has 1 aromatic carbocycles. The smallest absolute Gasteiger partial charge is 0.326 e. The Morgan fingerprint density at radius 3 is 2.46 bits per heavy atom. The lowest BCUT2D eigenvalue weighted by Crippen LogP contribution is -2.48. The van der Waals surface area contributed by atoms with Gasteiger partial charge in [0.05, 0.1) is 19.1 Å². The molecule has 0 radical (unpaired) electrons. The fraction of sp³-hybridized carbons (Fsp3) is 0.444. The van der Waals surface area contributed by atoms with Gasteiger partial charge >= 0.3 is 5.97 Å². The molecule has 1 heterocycles. The van der Waals surface area contributed by atoms with Crippen LogP contribution in [0.3, 0.4) is 0 Å². The van der Waals surface area contributed by atoms with Crippen molar-refractivity contribution in [3.63, 3.8) is 0 Å². The molecule has 0 bridgehead atoms. The van der Waals surface area contributed by atoms with E-state index in [0.717, 1.165) is 5.56 Å². The number of likely N-dealkylation sites (tertiary alicyclic amines) is 1. The number of phenolic OH excluding ortho intramolecular Hbond substituents is 1. The first-order chi connectivity index (χ1) is 13.3. The van der Waals surface area contributed by atoms with E-state index in [4.69, 9.17) is 10.8 Å². The molecule has 28 heavy (non-hydrogen) atoms. The number of carboxylic acids is 1. The van der Waals surface area contributed by atoms with Crippen LogP contribution >= 0.6 is 0 Å². The Labute approximate surface area is 161 Å². The Morgan fingerprint density at radius 2 is 1.82 bits per heavy atom. The summed E-state index contributed by atoms with van der Waals surface area (Å²) in [6.45, 7) is -0.343. The zero-order chi connectivity index (χ0) is 20.7. The lowest BCUT2D eigenvalue weighted by molar-refractivity contribution is -0.148. The van der Waals surface area contributed by atoms with Crippen molar-refractivity contribution in [3.05, 3.63) is 29.8 Å². The maximum Gasteiger partial charge on any atom is 0.326 e. The summed E-state index contributed by atoms with van der Waals surface area (Å²) in [7, 11) is 0. The van der Waals surface area contributed by atoms with E-state index in [1.807, 2.05) is 0 Å². The molecule has 2 atom stereocenters. The van der Waals surface area contributed by atoms with Crippen molar-refractivity contribution < 1.29 is 29.4 Å². The molecule has 1 aliphatic heterocycles. The number of nitrogens with zero attached hydrogens (tertiary/aromatic N) is 1. The largest absolute Gasteiger partial charge is 0.508 e. The summed E-state index contributed by atoms with van der Waals surface area (Å²) in [4.78, 5) is 48.2. The van der Waals surface area contributed by atoms with Gasteiger partial charge in [0.2, 0.25) is 17.7 Å². The Balaban J connectivity index is 1.71. The molecule has 3 amide bonds. The molecule has 10 heteroatoms. The summed E-state index contributed by atoms with van der Waals surface area (Å²) in [5, 5.41) is 23.1. The number of rotatable bonds is 8. The predicted molar refractivity (Wildman–Crippen MR) is 98.2 cm³/mol. The first kappa shape index (κ1) is 21.2. The van der Waals surface area contributed by atoms with Gasteiger partial charge in [0.15, 0.2) is 0 Å². The van der Waals surface area contributed by atoms with Gasteiger partial charge in [-0.05, 0) is 37.0 Å². The van der Waals surface area contributed by atoms with Gasteiger partial charge in [0.25, 0.3) is 0 Å². The van der Waals surface area contributed by atoms with Gasteiger partial charge in [0, 0.05) is 6.54 Å². The molecule has 0 saturated carbocycles. The Kier molecular flexibility index (Phi) is 7.33. The number of aromatic hydroxyl groups is 1.